The first kappa shape index (κ1) is 17.7. The molecule has 1 aliphatic heterocycles. The predicted molar refractivity (Wildman–Crippen MR) is 90.9 cm³/mol. The number of allylic oxidation sites excluding steroid dienone is 1. The van der Waals surface area contributed by atoms with Gasteiger partial charge in [0.25, 0.3) is 0 Å². The van der Waals surface area contributed by atoms with Gasteiger partial charge in [-0.2, -0.15) is 0 Å². The van der Waals surface area contributed by atoms with Crippen LogP contribution in [-0.4, -0.2) is 17.9 Å². The van der Waals surface area contributed by atoms with Gasteiger partial charge in [0.05, 0.1) is 0 Å². The van der Waals surface area contributed by atoms with Gasteiger partial charge >= 0.3 is 7.12 Å². The topological polar surface area (TPSA) is 46.5 Å². The lowest BCUT2D eigenvalue weighted by Crippen LogP contribution is -2.27. The van der Waals surface area contributed by atoms with Gasteiger partial charge in [-0.3, -0.25) is 4.79 Å². The first-order valence-corrected chi connectivity index (χ1v) is 8.07. The third-order valence-electron chi connectivity index (χ3n) is 4.14. The number of halogens is 1. The molecule has 0 radical (unpaired) electrons. The largest absolute Gasteiger partial charge is 0.535 e. The van der Waals surface area contributed by atoms with Crippen molar-refractivity contribution >= 4 is 18.5 Å². The van der Waals surface area contributed by atoms with Crippen LogP contribution in [0, 0.1) is 11.2 Å². The second-order valence-corrected chi connectivity index (χ2v) is 7.18. The van der Waals surface area contributed by atoms with Gasteiger partial charge in [0.15, 0.2) is 0 Å². The van der Waals surface area contributed by atoms with Crippen molar-refractivity contribution < 1.29 is 18.9 Å². The van der Waals surface area contributed by atoms with Crippen LogP contribution in [-0.2, 0) is 11.2 Å². The average Bonchev–Trinajstić information content (AvgIpc) is 2.45. The zero-order chi connectivity index (χ0) is 17.2. The molecule has 1 aliphatic rings. The number of rotatable bonds is 5. The van der Waals surface area contributed by atoms with Gasteiger partial charge in [-0.15, -0.1) is 0 Å². The summed E-state index contributed by atoms with van der Waals surface area (Å²) in [4.78, 5) is 12.0. The molecule has 1 aromatic carbocycles. The third-order valence-corrected chi connectivity index (χ3v) is 4.14. The quantitative estimate of drug-likeness (QED) is 0.834. The Hall–Kier alpha value is -1.62. The third kappa shape index (κ3) is 4.44. The van der Waals surface area contributed by atoms with Gasteiger partial charge in [-0.25, -0.2) is 4.39 Å². The zero-order valence-electron chi connectivity index (χ0n) is 14.1. The molecular weight excluding hydrogens is 294 g/mol. The van der Waals surface area contributed by atoms with Crippen molar-refractivity contribution in [2.75, 3.05) is 0 Å². The number of aryl methyl sites for hydroxylation is 1. The summed E-state index contributed by atoms with van der Waals surface area (Å²) in [7, 11) is -0.859. The summed E-state index contributed by atoms with van der Waals surface area (Å²) in [5.41, 5.74) is 1.75. The molecule has 0 spiro atoms. The summed E-state index contributed by atoms with van der Waals surface area (Å²) in [6, 6.07) is 2.84. The van der Waals surface area contributed by atoms with E-state index in [1.807, 2.05) is 20.8 Å². The van der Waals surface area contributed by atoms with Crippen LogP contribution in [0.1, 0.15) is 51.2 Å². The van der Waals surface area contributed by atoms with Crippen LogP contribution in [0.2, 0.25) is 6.32 Å². The van der Waals surface area contributed by atoms with E-state index in [4.69, 9.17) is 4.65 Å². The Morgan fingerprint density at radius 3 is 2.74 bits per heavy atom. The Morgan fingerprint density at radius 1 is 1.39 bits per heavy atom. The lowest BCUT2D eigenvalue weighted by molar-refractivity contribution is -0.126. The molecule has 1 heterocycles. The normalized spacial score (nSPS) is 14.2. The Balaban J connectivity index is 2.08. The highest BCUT2D eigenvalue weighted by atomic mass is 19.1. The highest BCUT2D eigenvalue weighted by molar-refractivity contribution is 6.44. The first-order valence-electron chi connectivity index (χ1n) is 8.07. The van der Waals surface area contributed by atoms with Crippen molar-refractivity contribution in [2.24, 2.45) is 5.41 Å². The smallest absolute Gasteiger partial charge is 0.522 e. The molecule has 1 N–H and O–H groups in total. The fourth-order valence-electron chi connectivity index (χ4n) is 2.68. The van der Waals surface area contributed by atoms with Gasteiger partial charge in [0, 0.05) is 17.4 Å². The molecule has 0 fully saturated rings. The molecule has 0 saturated carbocycles. The minimum atomic E-state index is -0.859. The van der Waals surface area contributed by atoms with Gasteiger partial charge in [-0.1, -0.05) is 27.4 Å². The van der Waals surface area contributed by atoms with Gasteiger partial charge < -0.3 is 9.68 Å². The predicted octanol–water partition coefficient (Wildman–Crippen LogP) is 4.04. The van der Waals surface area contributed by atoms with E-state index in [9.17, 15) is 14.2 Å². The summed E-state index contributed by atoms with van der Waals surface area (Å²) in [5.74, 6) is 0.404. The molecule has 0 saturated heterocycles. The number of fused-ring (bicyclic) bond motifs is 1. The average molecular weight is 318 g/mol. The van der Waals surface area contributed by atoms with E-state index in [0.29, 0.717) is 43.3 Å². The molecule has 5 heteroatoms. The fraction of sp³-hybridized carbons (Fsp3) is 0.500. The van der Waals surface area contributed by atoms with Gasteiger partial charge in [0.1, 0.15) is 17.3 Å². The summed E-state index contributed by atoms with van der Waals surface area (Å²) in [6.45, 7) is 9.73. The Labute approximate surface area is 137 Å². The van der Waals surface area contributed by atoms with Crippen LogP contribution in [0.25, 0.3) is 5.57 Å². The van der Waals surface area contributed by atoms with Crippen LogP contribution in [0.3, 0.4) is 0 Å². The molecule has 0 amide bonds. The SMILES string of the molecule is C=C(CCCC(=O)C(C)(C)C)c1cc(F)cc2c1OB(O)CC2. The van der Waals surface area contributed by atoms with E-state index in [1.54, 1.807) is 0 Å². The zero-order valence-corrected chi connectivity index (χ0v) is 14.1. The van der Waals surface area contributed by atoms with Crippen molar-refractivity contribution in [3.63, 3.8) is 0 Å². The van der Waals surface area contributed by atoms with Crippen LogP contribution in [0.4, 0.5) is 4.39 Å². The van der Waals surface area contributed by atoms with E-state index < -0.39 is 7.12 Å². The molecule has 3 nitrogen and oxygen atoms in total. The molecule has 124 valence electrons. The second-order valence-electron chi connectivity index (χ2n) is 7.18. The standard InChI is InChI=1S/C18H24BFO3/c1-12(6-5-7-16(21)18(2,3)4)15-11-14(20)10-13-8-9-19(22)23-17(13)15/h10-11,22H,1,5-9H2,2-4H3. The summed E-state index contributed by atoms with van der Waals surface area (Å²) in [6.07, 6.45) is 2.78. The fourth-order valence-corrected chi connectivity index (χ4v) is 2.68. The summed E-state index contributed by atoms with van der Waals surface area (Å²) in [5, 5.41) is 9.68. The van der Waals surface area contributed by atoms with Crippen LogP contribution in [0.5, 0.6) is 5.75 Å². The highest BCUT2D eigenvalue weighted by Gasteiger charge is 2.27. The number of hydrogen-bond donors (Lipinski definition) is 1. The van der Waals surface area contributed by atoms with Crippen molar-refractivity contribution in [2.45, 2.75) is 52.8 Å². The molecule has 0 bridgehead atoms. The van der Waals surface area contributed by atoms with Gasteiger partial charge in [0.2, 0.25) is 0 Å². The van der Waals surface area contributed by atoms with Gasteiger partial charge in [-0.05, 0) is 48.9 Å². The molecule has 0 aromatic heterocycles. The minimum Gasteiger partial charge on any atom is -0.535 e. The van der Waals surface area contributed by atoms with Crippen LogP contribution < -0.4 is 4.65 Å². The number of hydrogen-bond acceptors (Lipinski definition) is 3. The Kier molecular flexibility index (Phi) is 5.30. The molecule has 0 unspecified atom stereocenters. The van der Waals surface area contributed by atoms with Crippen LogP contribution >= 0.6 is 0 Å². The van der Waals surface area contributed by atoms with E-state index in [1.165, 1.54) is 12.1 Å². The number of ketones is 1. The molecular formula is C18H24BFO3. The van der Waals surface area contributed by atoms with Crippen LogP contribution in [0.15, 0.2) is 18.7 Å². The summed E-state index contributed by atoms with van der Waals surface area (Å²) < 4.78 is 19.3. The van der Waals surface area contributed by atoms with Crippen molar-refractivity contribution in [3.8, 4) is 5.75 Å². The number of benzene rings is 1. The maximum atomic E-state index is 13.8. The van der Waals surface area contributed by atoms with E-state index in [0.717, 1.165) is 11.1 Å². The molecule has 23 heavy (non-hydrogen) atoms. The summed E-state index contributed by atoms with van der Waals surface area (Å²) >= 11 is 0. The second kappa shape index (κ2) is 6.87. The van der Waals surface area contributed by atoms with E-state index >= 15 is 0 Å². The lowest BCUT2D eigenvalue weighted by atomic mass is 9.77. The molecule has 1 aromatic rings. The Bertz CT molecular complexity index is 619. The van der Waals surface area contributed by atoms with E-state index in [-0.39, 0.29) is 17.0 Å². The van der Waals surface area contributed by atoms with Crippen molar-refractivity contribution in [1.82, 2.24) is 0 Å². The molecule has 0 atom stereocenters. The highest BCUT2D eigenvalue weighted by Crippen LogP contribution is 2.36. The molecule has 2 rings (SSSR count). The monoisotopic (exact) mass is 318 g/mol. The Morgan fingerprint density at radius 2 is 2.09 bits per heavy atom. The maximum absolute atomic E-state index is 13.8. The van der Waals surface area contributed by atoms with Crippen molar-refractivity contribution in [3.05, 3.63) is 35.7 Å². The molecule has 0 aliphatic carbocycles. The lowest BCUT2D eigenvalue weighted by Gasteiger charge is -2.23. The maximum Gasteiger partial charge on any atom is 0.522 e. The minimum absolute atomic E-state index is 0.207. The van der Waals surface area contributed by atoms with E-state index in [2.05, 4.69) is 6.58 Å². The number of carbonyl (C=O) groups is 1. The number of Topliss-reactive ketones (excluding diaryl/α,β-unsaturated/α-hetero) is 1. The first-order chi connectivity index (χ1) is 10.7. The van der Waals surface area contributed by atoms with Crippen molar-refractivity contribution in [1.29, 1.82) is 0 Å². The number of carbonyl (C=O) groups excluding carboxylic acids is 1.